The molecular weight excluding hydrogens is 380 g/mol. The molecule has 0 spiro atoms. The number of hydrogen-bond acceptors (Lipinski definition) is 6. The third kappa shape index (κ3) is 6.02. The molecule has 4 atom stereocenters. The summed E-state index contributed by atoms with van der Waals surface area (Å²) in [5.74, 6) is 0. The second-order valence-electron chi connectivity index (χ2n) is 9.31. The third-order valence-electron chi connectivity index (χ3n) is 6.53. The van der Waals surface area contributed by atoms with E-state index in [4.69, 9.17) is 18.9 Å². The molecule has 0 aromatic heterocycles. The van der Waals surface area contributed by atoms with Crippen LogP contribution < -0.4 is 0 Å². The van der Waals surface area contributed by atoms with E-state index in [0.29, 0.717) is 24.4 Å². The first-order chi connectivity index (χ1) is 14.7. The normalized spacial score (nSPS) is 28.9. The molecule has 30 heavy (non-hydrogen) atoms. The Labute approximate surface area is 180 Å². The van der Waals surface area contributed by atoms with Crippen molar-refractivity contribution in [2.24, 2.45) is 0 Å². The van der Waals surface area contributed by atoms with Crippen molar-refractivity contribution < 1.29 is 18.9 Å². The monoisotopic (exact) mass is 416 g/mol. The molecule has 4 unspecified atom stereocenters. The summed E-state index contributed by atoms with van der Waals surface area (Å²) in [5.41, 5.74) is 5.90. The van der Waals surface area contributed by atoms with Crippen molar-refractivity contribution in [2.45, 2.75) is 64.2 Å². The minimum atomic E-state index is 0.413. The topological polar surface area (TPSA) is 56.6 Å². The zero-order valence-corrected chi connectivity index (χ0v) is 18.5. The van der Waals surface area contributed by atoms with Gasteiger partial charge in [0, 0.05) is 39.3 Å². The van der Waals surface area contributed by atoms with E-state index in [9.17, 15) is 0 Å². The standard InChI is InChI=1S/C24H36N2O4/c1-3-17-5-18(4-2)20(8-26(11-23-15-29-23)12-24-16-30-24)6-19(17)7-25(9-21-13-27-21)10-22-14-28-22/h5-6,21-24H,3-4,7-16H2,1-2H3. The molecular formula is C24H36N2O4. The Bertz CT molecular complexity index is 641. The predicted octanol–water partition coefficient (Wildman–Crippen LogP) is 2.01. The van der Waals surface area contributed by atoms with Gasteiger partial charge in [0.2, 0.25) is 0 Å². The molecule has 4 heterocycles. The summed E-state index contributed by atoms with van der Waals surface area (Å²) in [6.45, 7) is 14.2. The molecule has 166 valence electrons. The largest absolute Gasteiger partial charge is 0.372 e. The summed E-state index contributed by atoms with van der Waals surface area (Å²) in [4.78, 5) is 5.07. The fourth-order valence-corrected chi connectivity index (χ4v) is 4.48. The molecule has 0 aliphatic carbocycles. The lowest BCUT2D eigenvalue weighted by Gasteiger charge is -2.26. The summed E-state index contributed by atoms with van der Waals surface area (Å²) in [5, 5.41) is 0. The lowest BCUT2D eigenvalue weighted by molar-refractivity contribution is 0.209. The summed E-state index contributed by atoms with van der Waals surface area (Å²) < 4.78 is 22.1. The van der Waals surface area contributed by atoms with Crippen molar-refractivity contribution >= 4 is 0 Å². The highest BCUT2D eigenvalue weighted by atomic mass is 16.6. The SMILES string of the molecule is CCc1cc(CC)c(CN(CC2CO2)CC2CO2)cc1CN(CC1CO1)CC1CO1. The van der Waals surface area contributed by atoms with Crippen LogP contribution in [0.3, 0.4) is 0 Å². The molecule has 4 aliphatic rings. The second-order valence-corrected chi connectivity index (χ2v) is 9.31. The van der Waals surface area contributed by atoms with E-state index in [1.54, 1.807) is 0 Å². The van der Waals surface area contributed by atoms with Gasteiger partial charge in [-0.1, -0.05) is 26.0 Å². The van der Waals surface area contributed by atoms with E-state index < -0.39 is 0 Å². The second kappa shape index (κ2) is 9.23. The number of epoxide rings is 4. The van der Waals surface area contributed by atoms with Gasteiger partial charge < -0.3 is 18.9 Å². The third-order valence-corrected chi connectivity index (χ3v) is 6.53. The average Bonchev–Trinajstić information content (AvgIpc) is 3.53. The van der Waals surface area contributed by atoms with E-state index in [2.05, 4.69) is 35.8 Å². The van der Waals surface area contributed by atoms with Crippen molar-refractivity contribution in [3.05, 3.63) is 34.4 Å². The van der Waals surface area contributed by atoms with Crippen LogP contribution in [0.5, 0.6) is 0 Å². The van der Waals surface area contributed by atoms with E-state index in [0.717, 1.165) is 78.5 Å². The number of rotatable bonds is 14. The van der Waals surface area contributed by atoms with E-state index in [1.165, 1.54) is 22.3 Å². The Morgan fingerprint density at radius 1 is 0.600 bits per heavy atom. The molecule has 5 rings (SSSR count). The van der Waals surface area contributed by atoms with Crippen LogP contribution in [-0.2, 0) is 44.9 Å². The van der Waals surface area contributed by atoms with Gasteiger partial charge in [0.1, 0.15) is 0 Å². The Hall–Kier alpha value is -1.02. The zero-order valence-electron chi connectivity index (χ0n) is 18.5. The van der Waals surface area contributed by atoms with Crippen molar-refractivity contribution in [3.8, 4) is 0 Å². The van der Waals surface area contributed by atoms with Gasteiger partial charge in [-0.15, -0.1) is 0 Å². The Morgan fingerprint density at radius 3 is 1.17 bits per heavy atom. The van der Waals surface area contributed by atoms with Crippen molar-refractivity contribution in [2.75, 3.05) is 52.6 Å². The maximum Gasteiger partial charge on any atom is 0.0936 e. The maximum atomic E-state index is 5.52. The van der Waals surface area contributed by atoms with Crippen molar-refractivity contribution in [1.29, 1.82) is 0 Å². The van der Waals surface area contributed by atoms with Gasteiger partial charge in [-0.3, -0.25) is 9.80 Å². The molecule has 0 N–H and O–H groups in total. The quantitative estimate of drug-likeness (QED) is 0.433. The highest BCUT2D eigenvalue weighted by molar-refractivity contribution is 5.39. The van der Waals surface area contributed by atoms with Crippen LogP contribution in [0.2, 0.25) is 0 Å². The molecule has 1 aromatic carbocycles. The predicted molar refractivity (Wildman–Crippen MR) is 115 cm³/mol. The van der Waals surface area contributed by atoms with Crippen LogP contribution in [0, 0.1) is 0 Å². The van der Waals surface area contributed by atoms with Gasteiger partial charge in [-0.25, -0.2) is 0 Å². The summed E-state index contributed by atoms with van der Waals surface area (Å²) in [7, 11) is 0. The smallest absolute Gasteiger partial charge is 0.0936 e. The molecule has 1 aromatic rings. The molecule has 0 radical (unpaired) electrons. The molecule has 0 amide bonds. The highest BCUT2D eigenvalue weighted by Crippen LogP contribution is 2.26. The summed E-state index contributed by atoms with van der Waals surface area (Å²) in [6.07, 6.45) is 3.80. The van der Waals surface area contributed by atoms with Crippen LogP contribution in [-0.4, -0.2) is 86.8 Å². The highest BCUT2D eigenvalue weighted by Gasteiger charge is 2.32. The van der Waals surface area contributed by atoms with Crippen LogP contribution in [0.15, 0.2) is 12.1 Å². The Morgan fingerprint density at radius 2 is 0.900 bits per heavy atom. The number of nitrogens with zero attached hydrogens (tertiary/aromatic N) is 2. The van der Waals surface area contributed by atoms with Gasteiger partial charge in [0.05, 0.1) is 50.8 Å². The van der Waals surface area contributed by atoms with Crippen LogP contribution in [0.4, 0.5) is 0 Å². The molecule has 0 bridgehead atoms. The number of ether oxygens (including phenoxy) is 4. The Kier molecular flexibility index (Phi) is 6.42. The van der Waals surface area contributed by atoms with Gasteiger partial charge in [-0.05, 0) is 35.1 Å². The fourth-order valence-electron chi connectivity index (χ4n) is 4.48. The van der Waals surface area contributed by atoms with Crippen LogP contribution >= 0.6 is 0 Å². The van der Waals surface area contributed by atoms with Gasteiger partial charge in [-0.2, -0.15) is 0 Å². The first kappa shape index (κ1) is 20.9. The lowest BCUT2D eigenvalue weighted by Crippen LogP contribution is -2.33. The van der Waals surface area contributed by atoms with Crippen LogP contribution in [0.25, 0.3) is 0 Å². The summed E-state index contributed by atoms with van der Waals surface area (Å²) in [6, 6.07) is 4.95. The van der Waals surface area contributed by atoms with Crippen LogP contribution in [0.1, 0.15) is 36.1 Å². The number of aryl methyl sites for hydroxylation is 2. The first-order valence-electron chi connectivity index (χ1n) is 11.7. The number of hydrogen-bond donors (Lipinski definition) is 0. The molecule has 4 saturated heterocycles. The zero-order chi connectivity index (χ0) is 20.5. The number of benzene rings is 1. The van der Waals surface area contributed by atoms with E-state index in [1.807, 2.05) is 0 Å². The minimum absolute atomic E-state index is 0.413. The van der Waals surface area contributed by atoms with Crippen molar-refractivity contribution in [1.82, 2.24) is 9.80 Å². The van der Waals surface area contributed by atoms with E-state index in [-0.39, 0.29) is 0 Å². The molecule has 6 nitrogen and oxygen atoms in total. The Balaban J connectivity index is 1.33. The fraction of sp³-hybridized carbons (Fsp3) is 0.750. The average molecular weight is 417 g/mol. The molecule has 4 fully saturated rings. The van der Waals surface area contributed by atoms with E-state index >= 15 is 0 Å². The van der Waals surface area contributed by atoms with Gasteiger partial charge >= 0.3 is 0 Å². The summed E-state index contributed by atoms with van der Waals surface area (Å²) >= 11 is 0. The first-order valence-corrected chi connectivity index (χ1v) is 11.7. The molecule has 6 heteroatoms. The lowest BCUT2D eigenvalue weighted by atomic mass is 9.94. The minimum Gasteiger partial charge on any atom is -0.372 e. The van der Waals surface area contributed by atoms with Gasteiger partial charge in [0.25, 0.3) is 0 Å². The van der Waals surface area contributed by atoms with Gasteiger partial charge in [0.15, 0.2) is 0 Å². The molecule has 4 aliphatic heterocycles. The molecule has 0 saturated carbocycles. The maximum absolute atomic E-state index is 5.52. The van der Waals surface area contributed by atoms with Crippen molar-refractivity contribution in [3.63, 3.8) is 0 Å².